The van der Waals surface area contributed by atoms with Crippen molar-refractivity contribution >= 4 is 34.1 Å². The number of carbonyl (C=O) groups excluding carboxylic acids is 1. The van der Waals surface area contributed by atoms with E-state index in [2.05, 4.69) is 39.6 Å². The zero-order chi connectivity index (χ0) is 23.9. The Morgan fingerprint density at radius 3 is 2.59 bits per heavy atom. The molecule has 1 amide bonds. The number of aromatic nitrogens is 4. The van der Waals surface area contributed by atoms with Gasteiger partial charge in [-0.15, -0.1) is 21.5 Å². The molecule has 7 nitrogen and oxygen atoms in total. The minimum absolute atomic E-state index is 0.133. The Morgan fingerprint density at radius 1 is 1.12 bits per heavy atom. The number of anilines is 1. The Morgan fingerprint density at radius 2 is 1.88 bits per heavy atom. The molecule has 1 N–H and O–H groups in total. The predicted molar refractivity (Wildman–Crippen MR) is 137 cm³/mol. The molecule has 0 radical (unpaired) electrons. The van der Waals surface area contributed by atoms with Gasteiger partial charge in [0, 0.05) is 17.5 Å². The number of hydrogen-bond donors (Lipinski definition) is 1. The van der Waals surface area contributed by atoms with Crippen LogP contribution >= 0.6 is 23.1 Å². The number of thioether (sulfide) groups is 1. The average molecular weight is 494 g/mol. The second-order valence-corrected chi connectivity index (χ2v) is 9.38. The highest BCUT2D eigenvalue weighted by Gasteiger charge is 2.20. The van der Waals surface area contributed by atoms with E-state index >= 15 is 0 Å². The van der Waals surface area contributed by atoms with E-state index in [1.165, 1.54) is 28.7 Å². The van der Waals surface area contributed by atoms with Crippen molar-refractivity contribution in [2.75, 3.05) is 11.1 Å². The number of hydrogen-bond acceptors (Lipinski definition) is 7. The maximum absolute atomic E-state index is 12.5. The van der Waals surface area contributed by atoms with Crippen molar-refractivity contribution in [2.45, 2.75) is 45.0 Å². The highest BCUT2D eigenvalue weighted by molar-refractivity contribution is 7.99. The first kappa shape index (κ1) is 24.0. The molecule has 0 saturated carbocycles. The molecule has 9 heteroatoms. The van der Waals surface area contributed by atoms with Gasteiger partial charge < -0.3 is 14.6 Å². The molecular weight excluding hydrogens is 466 g/mol. The van der Waals surface area contributed by atoms with Crippen LogP contribution in [0.4, 0.5) is 5.13 Å². The molecule has 0 aliphatic heterocycles. The summed E-state index contributed by atoms with van der Waals surface area (Å²) < 4.78 is 8.07. The molecule has 34 heavy (non-hydrogen) atoms. The third-order valence-electron chi connectivity index (χ3n) is 5.22. The number of amides is 1. The van der Waals surface area contributed by atoms with Crippen molar-refractivity contribution in [3.63, 3.8) is 0 Å². The van der Waals surface area contributed by atoms with Gasteiger partial charge in [-0.25, -0.2) is 4.98 Å². The van der Waals surface area contributed by atoms with Crippen molar-refractivity contribution in [1.29, 1.82) is 0 Å². The fourth-order valence-electron chi connectivity index (χ4n) is 3.42. The highest BCUT2D eigenvalue weighted by Crippen LogP contribution is 2.27. The molecule has 0 aliphatic carbocycles. The summed E-state index contributed by atoms with van der Waals surface area (Å²) >= 11 is 2.76. The fraction of sp³-hybridized carbons (Fsp3) is 0.280. The molecular formula is C25H27N5O2S2. The van der Waals surface area contributed by atoms with Crippen LogP contribution in [0.15, 0.2) is 65.1 Å². The number of aryl methyl sites for hydroxylation is 1. The number of carbonyl (C=O) groups is 1. The summed E-state index contributed by atoms with van der Waals surface area (Å²) in [5, 5.41) is 14.7. The Hall–Kier alpha value is -3.17. The lowest BCUT2D eigenvalue weighted by Crippen LogP contribution is -2.15. The average Bonchev–Trinajstić information content (AvgIpc) is 3.50. The van der Waals surface area contributed by atoms with Gasteiger partial charge in [0.15, 0.2) is 22.2 Å². The molecule has 0 unspecified atom stereocenters. The highest BCUT2D eigenvalue weighted by atomic mass is 32.2. The largest absolute Gasteiger partial charge is 0.483 e. The lowest BCUT2D eigenvalue weighted by atomic mass is 10.2. The molecule has 1 atom stereocenters. The fourth-order valence-corrected chi connectivity index (χ4v) is 4.97. The predicted octanol–water partition coefficient (Wildman–Crippen LogP) is 5.85. The minimum atomic E-state index is -0.269. The number of ether oxygens (including phenoxy) is 1. The summed E-state index contributed by atoms with van der Waals surface area (Å²) in [7, 11) is 0. The topological polar surface area (TPSA) is 81.9 Å². The van der Waals surface area contributed by atoms with Crippen LogP contribution in [0.2, 0.25) is 0 Å². The van der Waals surface area contributed by atoms with E-state index in [1.807, 2.05) is 66.3 Å². The smallest absolute Gasteiger partial charge is 0.236 e. The van der Waals surface area contributed by atoms with Crippen molar-refractivity contribution in [3.8, 4) is 17.0 Å². The summed E-state index contributed by atoms with van der Waals surface area (Å²) in [5.74, 6) is 1.61. The molecule has 0 fully saturated rings. The lowest BCUT2D eigenvalue weighted by molar-refractivity contribution is -0.113. The van der Waals surface area contributed by atoms with E-state index < -0.39 is 0 Å². The number of nitrogens with zero attached hydrogens (tertiary/aromatic N) is 4. The standard InChI is InChI=1S/C25H27N5O2S2/c1-4-18-11-13-20(14-12-18)32-17(3)23-28-29-25(30(23)5-2)34-16-22(31)27-24-26-21(15-33-24)19-9-7-6-8-10-19/h6-15,17H,4-5,16H2,1-3H3,(H,26,27,31)/t17-/m1/s1. The van der Waals surface area contributed by atoms with Crippen LogP contribution in [-0.4, -0.2) is 31.4 Å². The number of rotatable bonds is 10. The van der Waals surface area contributed by atoms with Crippen LogP contribution in [-0.2, 0) is 17.8 Å². The zero-order valence-corrected chi connectivity index (χ0v) is 21.0. The molecule has 4 rings (SSSR count). The van der Waals surface area contributed by atoms with E-state index in [9.17, 15) is 4.79 Å². The van der Waals surface area contributed by atoms with Crippen molar-refractivity contribution in [3.05, 3.63) is 71.4 Å². The van der Waals surface area contributed by atoms with E-state index in [0.29, 0.717) is 16.8 Å². The Kier molecular flexibility index (Phi) is 7.97. The summed E-state index contributed by atoms with van der Waals surface area (Å²) in [6.07, 6.45) is 0.722. The summed E-state index contributed by atoms with van der Waals surface area (Å²) in [6.45, 7) is 6.79. The van der Waals surface area contributed by atoms with Gasteiger partial charge in [-0.1, -0.05) is 61.2 Å². The van der Waals surface area contributed by atoms with E-state index in [0.717, 1.165) is 29.3 Å². The monoisotopic (exact) mass is 493 g/mol. The Labute approximate surface area is 207 Å². The second-order valence-electron chi connectivity index (χ2n) is 7.58. The maximum Gasteiger partial charge on any atom is 0.236 e. The lowest BCUT2D eigenvalue weighted by Gasteiger charge is -2.15. The van der Waals surface area contributed by atoms with Gasteiger partial charge >= 0.3 is 0 Å². The zero-order valence-electron chi connectivity index (χ0n) is 19.4. The second kappa shape index (κ2) is 11.3. The normalized spacial score (nSPS) is 11.9. The van der Waals surface area contributed by atoms with Crippen LogP contribution in [0, 0.1) is 0 Å². The SMILES string of the molecule is CCc1ccc(O[C@H](C)c2nnc(SCC(=O)Nc3nc(-c4ccccc4)cs3)n2CC)cc1. The first-order chi connectivity index (χ1) is 16.6. The minimum Gasteiger partial charge on any atom is -0.483 e. The van der Waals surface area contributed by atoms with Crippen molar-refractivity contribution in [2.24, 2.45) is 0 Å². The van der Waals surface area contributed by atoms with Crippen molar-refractivity contribution < 1.29 is 9.53 Å². The third kappa shape index (κ3) is 5.84. The summed E-state index contributed by atoms with van der Waals surface area (Å²) in [4.78, 5) is 17.0. The third-order valence-corrected chi connectivity index (χ3v) is 6.95. The van der Waals surface area contributed by atoms with Gasteiger partial charge in [0.1, 0.15) is 5.75 Å². The van der Waals surface area contributed by atoms with Gasteiger partial charge in [0.2, 0.25) is 5.91 Å². The quantitative estimate of drug-likeness (QED) is 0.279. The molecule has 0 aliphatic rings. The summed E-state index contributed by atoms with van der Waals surface area (Å²) in [6, 6.07) is 18.0. The molecule has 0 saturated heterocycles. The van der Waals surface area contributed by atoms with E-state index in [1.54, 1.807) is 0 Å². The van der Waals surface area contributed by atoms with Crippen LogP contribution < -0.4 is 10.1 Å². The molecule has 2 heterocycles. The van der Waals surface area contributed by atoms with Gasteiger partial charge in [-0.2, -0.15) is 0 Å². The molecule has 176 valence electrons. The number of nitrogens with one attached hydrogen (secondary N) is 1. The summed E-state index contributed by atoms with van der Waals surface area (Å²) in [5.41, 5.74) is 3.14. The van der Waals surface area contributed by atoms with Crippen LogP contribution in [0.1, 0.15) is 38.3 Å². The first-order valence-electron chi connectivity index (χ1n) is 11.2. The molecule has 2 aromatic heterocycles. The van der Waals surface area contributed by atoms with Crippen LogP contribution in [0.25, 0.3) is 11.3 Å². The number of benzene rings is 2. The van der Waals surface area contributed by atoms with Gasteiger partial charge in [0.25, 0.3) is 0 Å². The van der Waals surface area contributed by atoms with Gasteiger partial charge in [-0.3, -0.25) is 4.79 Å². The molecule has 0 spiro atoms. The maximum atomic E-state index is 12.5. The first-order valence-corrected chi connectivity index (χ1v) is 13.1. The Bertz CT molecular complexity index is 1220. The molecule has 0 bridgehead atoms. The van der Waals surface area contributed by atoms with Gasteiger partial charge in [0.05, 0.1) is 11.4 Å². The molecule has 4 aromatic rings. The van der Waals surface area contributed by atoms with E-state index in [4.69, 9.17) is 4.74 Å². The van der Waals surface area contributed by atoms with E-state index in [-0.39, 0.29) is 17.8 Å². The van der Waals surface area contributed by atoms with Gasteiger partial charge in [-0.05, 0) is 38.0 Å². The van der Waals surface area contributed by atoms with Crippen LogP contribution in [0.3, 0.4) is 0 Å². The van der Waals surface area contributed by atoms with Crippen LogP contribution in [0.5, 0.6) is 5.75 Å². The Balaban J connectivity index is 1.35. The van der Waals surface area contributed by atoms with Crippen molar-refractivity contribution in [1.82, 2.24) is 19.7 Å². The molecule has 2 aromatic carbocycles. The number of thiazole rings is 1.